The zero-order chi connectivity index (χ0) is 19.2. The molecule has 0 bridgehead atoms. The van der Waals surface area contributed by atoms with Crippen LogP contribution in [0.5, 0.6) is 5.75 Å². The van der Waals surface area contributed by atoms with Gasteiger partial charge in [0.1, 0.15) is 12.4 Å². The molecule has 0 atom stereocenters. The molecule has 0 heterocycles. The monoisotopic (exact) mass is 399 g/mol. The van der Waals surface area contributed by atoms with Gasteiger partial charge in [0, 0.05) is 34.8 Å². The van der Waals surface area contributed by atoms with Crippen molar-refractivity contribution in [1.29, 1.82) is 0 Å². The van der Waals surface area contributed by atoms with Crippen molar-refractivity contribution in [1.82, 2.24) is 4.90 Å². The van der Waals surface area contributed by atoms with Gasteiger partial charge in [-0.2, -0.15) is 0 Å². The maximum absolute atomic E-state index is 12.7. The Kier molecular flexibility index (Phi) is 6.38. The molecule has 1 amide bonds. The van der Waals surface area contributed by atoms with E-state index in [1.165, 1.54) is 0 Å². The van der Waals surface area contributed by atoms with E-state index in [9.17, 15) is 4.79 Å². The fourth-order valence-corrected chi connectivity index (χ4v) is 2.97. The largest absolute Gasteiger partial charge is 0.489 e. The molecule has 0 saturated carbocycles. The first-order valence-corrected chi connectivity index (χ1v) is 9.25. The molecule has 3 nitrogen and oxygen atoms in total. The average molecular weight is 400 g/mol. The van der Waals surface area contributed by atoms with Crippen LogP contribution in [0.1, 0.15) is 21.5 Å². The number of amides is 1. The van der Waals surface area contributed by atoms with Gasteiger partial charge in [-0.1, -0.05) is 59.6 Å². The van der Waals surface area contributed by atoms with Crippen molar-refractivity contribution in [2.45, 2.75) is 13.2 Å². The van der Waals surface area contributed by atoms with E-state index < -0.39 is 0 Å². The third-order valence-corrected chi connectivity index (χ3v) is 4.73. The van der Waals surface area contributed by atoms with Crippen LogP contribution < -0.4 is 4.74 Å². The fraction of sp³-hybridized carbons (Fsp3) is 0.136. The number of ether oxygens (including phenoxy) is 1. The lowest BCUT2D eigenvalue weighted by molar-refractivity contribution is 0.0784. The molecule has 0 fully saturated rings. The van der Waals surface area contributed by atoms with E-state index in [-0.39, 0.29) is 5.91 Å². The first-order valence-electron chi connectivity index (χ1n) is 8.49. The van der Waals surface area contributed by atoms with Crippen molar-refractivity contribution in [3.63, 3.8) is 0 Å². The summed E-state index contributed by atoms with van der Waals surface area (Å²) >= 11 is 12.1. The quantitative estimate of drug-likeness (QED) is 0.520. The molecule has 0 spiro atoms. The summed E-state index contributed by atoms with van der Waals surface area (Å²) in [6.45, 7) is 0.846. The lowest BCUT2D eigenvalue weighted by Crippen LogP contribution is -2.26. The average Bonchev–Trinajstić information content (AvgIpc) is 2.69. The molecule has 5 heteroatoms. The van der Waals surface area contributed by atoms with Crippen LogP contribution in [-0.2, 0) is 13.2 Å². The van der Waals surface area contributed by atoms with Crippen molar-refractivity contribution >= 4 is 29.1 Å². The van der Waals surface area contributed by atoms with E-state index in [0.717, 1.165) is 11.1 Å². The van der Waals surface area contributed by atoms with Crippen molar-refractivity contribution < 1.29 is 9.53 Å². The maximum atomic E-state index is 12.7. The normalized spacial score (nSPS) is 10.5. The van der Waals surface area contributed by atoms with E-state index >= 15 is 0 Å². The van der Waals surface area contributed by atoms with Gasteiger partial charge in [-0.25, -0.2) is 0 Å². The Bertz CT molecular complexity index is 926. The van der Waals surface area contributed by atoms with Gasteiger partial charge < -0.3 is 9.64 Å². The van der Waals surface area contributed by atoms with Crippen LogP contribution >= 0.6 is 23.2 Å². The second-order valence-corrected chi connectivity index (χ2v) is 7.04. The smallest absolute Gasteiger partial charge is 0.254 e. The van der Waals surface area contributed by atoms with Gasteiger partial charge in [0.2, 0.25) is 0 Å². The zero-order valence-corrected chi connectivity index (χ0v) is 16.4. The van der Waals surface area contributed by atoms with Gasteiger partial charge in [-0.3, -0.25) is 4.79 Å². The Morgan fingerprint density at radius 2 is 1.70 bits per heavy atom. The Morgan fingerprint density at radius 1 is 0.963 bits per heavy atom. The minimum Gasteiger partial charge on any atom is -0.489 e. The summed E-state index contributed by atoms with van der Waals surface area (Å²) < 4.78 is 5.81. The van der Waals surface area contributed by atoms with Gasteiger partial charge in [0.25, 0.3) is 5.91 Å². The Labute approximate surface area is 169 Å². The molecule has 138 valence electrons. The van der Waals surface area contributed by atoms with E-state index in [0.29, 0.717) is 34.5 Å². The summed E-state index contributed by atoms with van der Waals surface area (Å²) in [7, 11) is 1.77. The lowest BCUT2D eigenvalue weighted by Gasteiger charge is -2.18. The minimum absolute atomic E-state index is 0.0758. The second-order valence-electron chi connectivity index (χ2n) is 6.20. The standard InChI is InChI=1S/C22H19Cl2NO2/c1-25(14-16-9-11-19(23)12-10-16)22(26)17-6-4-7-20(13-17)27-15-18-5-2-3-8-21(18)24/h2-13H,14-15H2,1H3. The highest BCUT2D eigenvalue weighted by Gasteiger charge is 2.13. The summed E-state index contributed by atoms with van der Waals surface area (Å²) in [5.74, 6) is 0.550. The Balaban J connectivity index is 1.66. The minimum atomic E-state index is -0.0758. The molecule has 0 N–H and O–H groups in total. The maximum Gasteiger partial charge on any atom is 0.254 e. The molecular formula is C22H19Cl2NO2. The van der Waals surface area contributed by atoms with Gasteiger partial charge in [0.05, 0.1) is 0 Å². The van der Waals surface area contributed by atoms with Crippen molar-refractivity contribution in [2.24, 2.45) is 0 Å². The summed E-state index contributed by atoms with van der Waals surface area (Å²) in [6, 6.07) is 22.2. The molecule has 0 aliphatic heterocycles. The second kappa shape index (κ2) is 8.94. The first kappa shape index (κ1) is 19.3. The molecule has 3 rings (SSSR count). The molecule has 0 saturated heterocycles. The molecule has 27 heavy (non-hydrogen) atoms. The lowest BCUT2D eigenvalue weighted by atomic mass is 10.1. The van der Waals surface area contributed by atoms with Crippen LogP contribution in [0.15, 0.2) is 72.8 Å². The number of benzene rings is 3. The van der Waals surface area contributed by atoms with Crippen molar-refractivity contribution in [2.75, 3.05) is 7.05 Å². The topological polar surface area (TPSA) is 29.5 Å². The van der Waals surface area contributed by atoms with E-state index in [4.69, 9.17) is 27.9 Å². The fourth-order valence-electron chi connectivity index (χ4n) is 2.65. The van der Waals surface area contributed by atoms with Crippen LogP contribution in [0, 0.1) is 0 Å². The van der Waals surface area contributed by atoms with Crippen LogP contribution in [0.25, 0.3) is 0 Å². The highest BCUT2D eigenvalue weighted by atomic mass is 35.5. The highest BCUT2D eigenvalue weighted by molar-refractivity contribution is 6.31. The summed E-state index contributed by atoms with van der Waals surface area (Å²) in [4.78, 5) is 14.4. The van der Waals surface area contributed by atoms with Crippen LogP contribution in [0.3, 0.4) is 0 Å². The predicted octanol–water partition coefficient (Wildman–Crippen LogP) is 5.84. The molecule has 0 aromatic heterocycles. The Morgan fingerprint density at radius 3 is 2.44 bits per heavy atom. The number of carbonyl (C=O) groups is 1. The predicted molar refractivity (Wildman–Crippen MR) is 109 cm³/mol. The molecule has 0 unspecified atom stereocenters. The number of rotatable bonds is 6. The SMILES string of the molecule is CN(Cc1ccc(Cl)cc1)C(=O)c1cccc(OCc2ccccc2Cl)c1. The molecule has 0 aliphatic carbocycles. The third-order valence-electron chi connectivity index (χ3n) is 4.11. The first-order chi connectivity index (χ1) is 13.0. The number of halogens is 2. The summed E-state index contributed by atoms with van der Waals surface area (Å²) in [5.41, 5.74) is 2.49. The van der Waals surface area contributed by atoms with Crippen LogP contribution in [0.2, 0.25) is 10.0 Å². The summed E-state index contributed by atoms with van der Waals surface area (Å²) in [6.07, 6.45) is 0. The Hall–Kier alpha value is -2.49. The number of hydrogen-bond donors (Lipinski definition) is 0. The number of carbonyl (C=O) groups excluding carboxylic acids is 1. The molecule has 0 radical (unpaired) electrons. The highest BCUT2D eigenvalue weighted by Crippen LogP contribution is 2.20. The van der Waals surface area contributed by atoms with Gasteiger partial charge >= 0.3 is 0 Å². The zero-order valence-electron chi connectivity index (χ0n) is 14.9. The van der Waals surface area contributed by atoms with Gasteiger partial charge in [0.15, 0.2) is 0 Å². The molecular weight excluding hydrogens is 381 g/mol. The molecule has 0 aliphatic rings. The number of hydrogen-bond acceptors (Lipinski definition) is 2. The number of nitrogens with zero attached hydrogens (tertiary/aromatic N) is 1. The van der Waals surface area contributed by atoms with Gasteiger partial charge in [-0.15, -0.1) is 0 Å². The van der Waals surface area contributed by atoms with Gasteiger partial charge in [-0.05, 0) is 42.0 Å². The molecule has 3 aromatic carbocycles. The van der Waals surface area contributed by atoms with Crippen molar-refractivity contribution in [3.8, 4) is 5.75 Å². The van der Waals surface area contributed by atoms with E-state index in [1.807, 2.05) is 60.7 Å². The van der Waals surface area contributed by atoms with Crippen molar-refractivity contribution in [3.05, 3.63) is 99.5 Å². The van der Waals surface area contributed by atoms with Crippen LogP contribution in [0.4, 0.5) is 0 Å². The van der Waals surface area contributed by atoms with Crippen LogP contribution in [-0.4, -0.2) is 17.9 Å². The molecule has 3 aromatic rings. The summed E-state index contributed by atoms with van der Waals surface area (Å²) in [5, 5.41) is 1.34. The van der Waals surface area contributed by atoms with E-state index in [2.05, 4.69) is 0 Å². The van der Waals surface area contributed by atoms with E-state index in [1.54, 1.807) is 24.1 Å². The third kappa shape index (κ3) is 5.25.